The number of benzene rings is 3. The van der Waals surface area contributed by atoms with Crippen molar-refractivity contribution < 1.29 is 0 Å². The quantitative estimate of drug-likeness (QED) is 0.577. The van der Waals surface area contributed by atoms with Gasteiger partial charge in [-0.2, -0.15) is 0 Å². The summed E-state index contributed by atoms with van der Waals surface area (Å²) in [6.07, 6.45) is 7.71. The van der Waals surface area contributed by atoms with E-state index in [-0.39, 0.29) is 0 Å². The Morgan fingerprint density at radius 2 is 1.52 bits per heavy atom. The molecule has 0 amide bonds. The van der Waals surface area contributed by atoms with Gasteiger partial charge >= 0.3 is 0 Å². The maximum Gasteiger partial charge on any atom is 0.0414 e. The van der Waals surface area contributed by atoms with E-state index in [1.807, 2.05) is 0 Å². The van der Waals surface area contributed by atoms with Crippen molar-refractivity contribution in [1.29, 1.82) is 0 Å². The van der Waals surface area contributed by atoms with E-state index >= 15 is 0 Å². The first kappa shape index (κ1) is 13.8. The lowest BCUT2D eigenvalue weighted by Crippen LogP contribution is -2.09. The highest BCUT2D eigenvalue weighted by Gasteiger charge is 2.06. The number of anilines is 2. The zero-order valence-electron chi connectivity index (χ0n) is 13.2. The Bertz CT molecular complexity index is 901. The molecule has 0 N–H and O–H groups in total. The Morgan fingerprint density at radius 1 is 0.783 bits per heavy atom. The van der Waals surface area contributed by atoms with Gasteiger partial charge in [-0.1, -0.05) is 60.7 Å². The summed E-state index contributed by atoms with van der Waals surface area (Å²) in [6.45, 7) is 0. The van der Waals surface area contributed by atoms with Crippen molar-refractivity contribution in [3.05, 3.63) is 90.5 Å². The van der Waals surface area contributed by atoms with Gasteiger partial charge in [0.1, 0.15) is 0 Å². The molecule has 0 radical (unpaired) electrons. The minimum absolute atomic E-state index is 1.05. The highest BCUT2D eigenvalue weighted by Crippen LogP contribution is 2.29. The Balaban J connectivity index is 1.64. The van der Waals surface area contributed by atoms with Gasteiger partial charge in [0.05, 0.1) is 0 Å². The molecular weight excluding hydrogens is 278 g/mol. The van der Waals surface area contributed by atoms with Crippen LogP contribution in [0.25, 0.3) is 16.3 Å². The van der Waals surface area contributed by atoms with Gasteiger partial charge in [-0.25, -0.2) is 0 Å². The molecule has 0 saturated heterocycles. The molecule has 0 saturated carbocycles. The minimum Gasteiger partial charge on any atom is -0.345 e. The third kappa shape index (κ3) is 2.66. The van der Waals surface area contributed by atoms with Crippen LogP contribution in [0.5, 0.6) is 0 Å². The summed E-state index contributed by atoms with van der Waals surface area (Å²) >= 11 is 0. The second kappa shape index (κ2) is 5.77. The fraction of sp³-hybridized carbons (Fsp3) is 0.0909. The molecule has 3 aromatic rings. The average molecular weight is 297 g/mol. The zero-order chi connectivity index (χ0) is 15.6. The van der Waals surface area contributed by atoms with Crippen LogP contribution in [-0.4, -0.2) is 7.05 Å². The van der Waals surface area contributed by atoms with E-state index < -0.39 is 0 Å². The molecule has 0 atom stereocenters. The maximum absolute atomic E-state index is 2.27. The van der Waals surface area contributed by atoms with E-state index in [0.29, 0.717) is 0 Å². The zero-order valence-corrected chi connectivity index (χ0v) is 13.2. The van der Waals surface area contributed by atoms with Gasteiger partial charge < -0.3 is 4.90 Å². The summed E-state index contributed by atoms with van der Waals surface area (Å²) in [5, 5.41) is 2.55. The molecular formula is C22H19N. The summed E-state index contributed by atoms with van der Waals surface area (Å²) < 4.78 is 0. The lowest BCUT2D eigenvalue weighted by molar-refractivity contribution is 1.21. The van der Waals surface area contributed by atoms with Crippen molar-refractivity contribution >= 4 is 27.7 Å². The molecule has 0 aliphatic heterocycles. The van der Waals surface area contributed by atoms with Crippen LogP contribution < -0.4 is 4.90 Å². The molecule has 112 valence electrons. The van der Waals surface area contributed by atoms with Gasteiger partial charge in [0, 0.05) is 18.4 Å². The van der Waals surface area contributed by atoms with Crippen LogP contribution in [0.3, 0.4) is 0 Å². The number of hydrogen-bond acceptors (Lipinski definition) is 1. The van der Waals surface area contributed by atoms with Gasteiger partial charge in [-0.3, -0.25) is 0 Å². The molecule has 0 bridgehead atoms. The predicted octanol–water partition coefficient (Wildman–Crippen LogP) is 5.95. The normalized spacial score (nSPS) is 13.3. The average Bonchev–Trinajstić information content (AvgIpc) is 3.15. The van der Waals surface area contributed by atoms with Crippen LogP contribution in [0, 0.1) is 0 Å². The monoisotopic (exact) mass is 297 g/mol. The lowest BCUT2D eigenvalue weighted by atomic mass is 10.1. The minimum atomic E-state index is 1.05. The fourth-order valence-electron chi connectivity index (χ4n) is 3.08. The van der Waals surface area contributed by atoms with Crippen LogP contribution in [-0.2, 0) is 0 Å². The first-order chi connectivity index (χ1) is 11.3. The summed E-state index contributed by atoms with van der Waals surface area (Å²) in [7, 11) is 2.12. The molecule has 0 unspecified atom stereocenters. The Morgan fingerprint density at radius 3 is 2.26 bits per heavy atom. The van der Waals surface area contributed by atoms with Crippen LogP contribution in [0.1, 0.15) is 12.0 Å². The maximum atomic E-state index is 2.27. The van der Waals surface area contributed by atoms with Gasteiger partial charge in [0.15, 0.2) is 0 Å². The fourth-order valence-corrected chi connectivity index (χ4v) is 3.08. The predicted molar refractivity (Wildman–Crippen MR) is 100 cm³/mol. The van der Waals surface area contributed by atoms with E-state index in [1.165, 1.54) is 33.3 Å². The molecule has 4 rings (SSSR count). The number of nitrogens with zero attached hydrogens (tertiary/aromatic N) is 1. The largest absolute Gasteiger partial charge is 0.345 e. The third-order valence-corrected chi connectivity index (χ3v) is 4.48. The summed E-state index contributed by atoms with van der Waals surface area (Å²) in [4.78, 5) is 2.23. The van der Waals surface area contributed by atoms with E-state index in [1.54, 1.807) is 0 Å². The number of hydrogen-bond donors (Lipinski definition) is 0. The lowest BCUT2D eigenvalue weighted by Gasteiger charge is -2.20. The van der Waals surface area contributed by atoms with Crippen molar-refractivity contribution in [2.45, 2.75) is 6.42 Å². The molecule has 3 aromatic carbocycles. The SMILES string of the molecule is CN(c1ccc(C2=CCC=C2)cc1)c1ccc2ccccc2c1. The second-order valence-electron chi connectivity index (χ2n) is 5.93. The number of allylic oxidation sites excluding steroid dienone is 4. The van der Waals surface area contributed by atoms with Gasteiger partial charge in [0.25, 0.3) is 0 Å². The highest BCUT2D eigenvalue weighted by atomic mass is 15.1. The second-order valence-corrected chi connectivity index (χ2v) is 5.93. The molecule has 0 aromatic heterocycles. The van der Waals surface area contributed by atoms with Crippen molar-refractivity contribution in [1.82, 2.24) is 0 Å². The molecule has 0 spiro atoms. The van der Waals surface area contributed by atoms with Crippen molar-refractivity contribution in [3.8, 4) is 0 Å². The molecule has 23 heavy (non-hydrogen) atoms. The summed E-state index contributed by atoms with van der Waals surface area (Å²) in [6, 6.07) is 23.9. The van der Waals surface area contributed by atoms with Crippen LogP contribution >= 0.6 is 0 Å². The molecule has 0 heterocycles. The molecule has 1 aliphatic carbocycles. The topological polar surface area (TPSA) is 3.24 Å². The van der Waals surface area contributed by atoms with Gasteiger partial charge in [-0.05, 0) is 52.6 Å². The first-order valence-corrected chi connectivity index (χ1v) is 8.01. The number of fused-ring (bicyclic) bond motifs is 1. The van der Waals surface area contributed by atoms with E-state index in [9.17, 15) is 0 Å². The summed E-state index contributed by atoms with van der Waals surface area (Å²) in [5.41, 5.74) is 5.02. The van der Waals surface area contributed by atoms with Crippen LogP contribution in [0.4, 0.5) is 11.4 Å². The highest BCUT2D eigenvalue weighted by molar-refractivity contribution is 5.87. The Hall–Kier alpha value is -2.80. The summed E-state index contributed by atoms with van der Waals surface area (Å²) in [5.74, 6) is 0. The standard InChI is InChI=1S/C22H19N/c1-23(22-15-12-18-8-4-5-9-20(18)16-22)21-13-10-19(11-14-21)17-6-2-3-7-17/h2,4-16H,3H2,1H3. The van der Waals surface area contributed by atoms with Crippen LogP contribution in [0.2, 0.25) is 0 Å². The Kier molecular flexibility index (Phi) is 3.47. The molecule has 0 fully saturated rings. The van der Waals surface area contributed by atoms with E-state index in [4.69, 9.17) is 0 Å². The van der Waals surface area contributed by atoms with Crippen LogP contribution in [0.15, 0.2) is 85.0 Å². The van der Waals surface area contributed by atoms with Crippen molar-refractivity contribution in [2.75, 3.05) is 11.9 Å². The Labute approximate surface area is 137 Å². The van der Waals surface area contributed by atoms with E-state index in [0.717, 1.165) is 6.42 Å². The number of rotatable bonds is 3. The van der Waals surface area contributed by atoms with Gasteiger partial charge in [0.2, 0.25) is 0 Å². The van der Waals surface area contributed by atoms with Crippen molar-refractivity contribution in [3.63, 3.8) is 0 Å². The van der Waals surface area contributed by atoms with Gasteiger partial charge in [-0.15, -0.1) is 0 Å². The molecule has 1 nitrogen and oxygen atoms in total. The first-order valence-electron chi connectivity index (χ1n) is 8.01. The molecule has 1 aliphatic rings. The smallest absolute Gasteiger partial charge is 0.0414 e. The molecule has 1 heteroatoms. The third-order valence-electron chi connectivity index (χ3n) is 4.48. The van der Waals surface area contributed by atoms with Crippen molar-refractivity contribution in [2.24, 2.45) is 0 Å². The van der Waals surface area contributed by atoms with E-state index in [2.05, 4.69) is 96.9 Å².